The van der Waals surface area contributed by atoms with Crippen molar-refractivity contribution in [3.8, 4) is 11.3 Å². The Labute approximate surface area is 215 Å². The third-order valence-electron chi connectivity index (χ3n) is 4.63. The maximum absolute atomic E-state index is 12.7. The number of carbonyl (C=O) groups excluding carboxylic acids is 3. The maximum atomic E-state index is 12.7. The molecule has 3 aromatic rings. The lowest BCUT2D eigenvalue weighted by Gasteiger charge is -2.12. The average Bonchev–Trinajstić information content (AvgIpc) is 3.35. The number of furan rings is 1. The summed E-state index contributed by atoms with van der Waals surface area (Å²) < 4.78 is 6.68. The molecule has 9 nitrogen and oxygen atoms in total. The largest absolute Gasteiger partial charge is 0.457 e. The molecule has 0 radical (unpaired) electrons. The Morgan fingerprint density at radius 3 is 2.62 bits per heavy atom. The second-order valence-electron chi connectivity index (χ2n) is 6.95. The maximum Gasteiger partial charge on any atom is 0.294 e. The van der Waals surface area contributed by atoms with Crippen molar-refractivity contribution >= 4 is 80.5 Å². The molecule has 2 heterocycles. The van der Waals surface area contributed by atoms with Gasteiger partial charge in [-0.2, -0.15) is 0 Å². The van der Waals surface area contributed by atoms with Crippen LogP contribution in [0.3, 0.4) is 0 Å². The minimum atomic E-state index is -0.626. The van der Waals surface area contributed by atoms with Gasteiger partial charge >= 0.3 is 0 Å². The molecule has 1 saturated heterocycles. The first-order chi connectivity index (χ1) is 16.2. The van der Waals surface area contributed by atoms with Crippen LogP contribution in [-0.4, -0.2) is 33.4 Å². The molecule has 0 bridgehead atoms. The lowest BCUT2D eigenvalue weighted by molar-refractivity contribution is -0.384. The zero-order chi connectivity index (χ0) is 24.4. The Morgan fingerprint density at radius 1 is 1.18 bits per heavy atom. The van der Waals surface area contributed by atoms with Crippen LogP contribution in [0.25, 0.3) is 17.4 Å². The Kier molecular flexibility index (Phi) is 7.05. The monoisotopic (exact) mass is 609 g/mol. The number of nitro groups is 1. The zero-order valence-electron chi connectivity index (χ0n) is 17.0. The molecule has 0 aliphatic carbocycles. The molecule has 172 valence electrons. The molecule has 0 atom stereocenters. The van der Waals surface area contributed by atoms with Crippen LogP contribution in [0.4, 0.5) is 16.2 Å². The van der Waals surface area contributed by atoms with Crippen LogP contribution in [0.15, 0.2) is 63.9 Å². The molecule has 2 aromatic carbocycles. The number of hydrogen-bond donors (Lipinski definition) is 1. The standard InChI is InChI=1S/C22H13ClIN3O6S/c23-17-7-5-14(27(31)32)9-16(17)18-8-6-15(33-18)10-19-21(29)26(22(30)34-19)11-20(28)25-13-3-1-12(24)2-4-13/h1-10H,11H2,(H,25,28)/b19-10+. The number of anilines is 1. The average molecular weight is 610 g/mol. The number of nitrogens with zero attached hydrogens (tertiary/aromatic N) is 2. The van der Waals surface area contributed by atoms with Crippen molar-refractivity contribution < 1.29 is 23.7 Å². The van der Waals surface area contributed by atoms with Crippen molar-refractivity contribution in [1.29, 1.82) is 0 Å². The Balaban J connectivity index is 1.48. The number of halogens is 2. The van der Waals surface area contributed by atoms with Crippen LogP contribution in [0.5, 0.6) is 0 Å². The molecule has 4 rings (SSSR count). The van der Waals surface area contributed by atoms with E-state index in [-0.39, 0.29) is 27.1 Å². The molecule has 1 fully saturated rings. The first-order valence-corrected chi connectivity index (χ1v) is 11.8. The van der Waals surface area contributed by atoms with Crippen LogP contribution in [-0.2, 0) is 9.59 Å². The van der Waals surface area contributed by atoms with Gasteiger partial charge in [-0.15, -0.1) is 0 Å². The van der Waals surface area contributed by atoms with Gasteiger partial charge < -0.3 is 9.73 Å². The lowest BCUT2D eigenvalue weighted by Crippen LogP contribution is -2.36. The number of non-ortho nitro benzene ring substituents is 1. The van der Waals surface area contributed by atoms with Crippen LogP contribution in [0.2, 0.25) is 5.02 Å². The number of imide groups is 1. The third kappa shape index (κ3) is 5.32. The van der Waals surface area contributed by atoms with Crippen LogP contribution in [0.1, 0.15) is 5.76 Å². The number of hydrogen-bond acceptors (Lipinski definition) is 7. The second-order valence-corrected chi connectivity index (χ2v) is 9.59. The second kappa shape index (κ2) is 9.99. The Morgan fingerprint density at radius 2 is 1.91 bits per heavy atom. The summed E-state index contributed by atoms with van der Waals surface area (Å²) in [5, 5.41) is 13.4. The van der Waals surface area contributed by atoms with Crippen LogP contribution >= 0.6 is 46.0 Å². The molecule has 1 aliphatic rings. The van der Waals surface area contributed by atoms with Gasteiger partial charge in [-0.25, -0.2) is 0 Å². The predicted octanol–water partition coefficient (Wildman–Crippen LogP) is 5.79. The van der Waals surface area contributed by atoms with E-state index in [0.717, 1.165) is 8.47 Å². The number of nitro benzene ring substituents is 1. The van der Waals surface area contributed by atoms with E-state index in [1.807, 2.05) is 12.1 Å². The fraction of sp³-hybridized carbons (Fsp3) is 0.0455. The number of nitrogens with one attached hydrogen (secondary N) is 1. The molecule has 1 aromatic heterocycles. The summed E-state index contributed by atoms with van der Waals surface area (Å²) in [5.74, 6) is -0.632. The lowest BCUT2D eigenvalue weighted by atomic mass is 10.1. The van der Waals surface area contributed by atoms with Gasteiger partial charge in [0, 0.05) is 33.0 Å². The van der Waals surface area contributed by atoms with Crippen LogP contribution in [0, 0.1) is 13.7 Å². The van der Waals surface area contributed by atoms with Gasteiger partial charge in [-0.05, 0) is 76.8 Å². The van der Waals surface area contributed by atoms with E-state index in [2.05, 4.69) is 27.9 Å². The van der Waals surface area contributed by atoms with E-state index >= 15 is 0 Å². The summed E-state index contributed by atoms with van der Waals surface area (Å²) in [6.07, 6.45) is 1.37. The van der Waals surface area contributed by atoms with E-state index in [9.17, 15) is 24.5 Å². The number of thioether (sulfide) groups is 1. The third-order valence-corrected chi connectivity index (χ3v) is 6.59. The normalized spacial score (nSPS) is 14.6. The summed E-state index contributed by atoms with van der Waals surface area (Å²) in [4.78, 5) is 48.8. The highest BCUT2D eigenvalue weighted by Gasteiger charge is 2.36. The molecular weight excluding hydrogens is 597 g/mol. The van der Waals surface area contributed by atoms with Crippen molar-refractivity contribution in [1.82, 2.24) is 4.90 Å². The first kappa shape index (κ1) is 24.0. The van der Waals surface area contributed by atoms with E-state index in [1.54, 1.807) is 24.3 Å². The van der Waals surface area contributed by atoms with Crippen molar-refractivity contribution in [2.24, 2.45) is 0 Å². The fourth-order valence-corrected chi connectivity index (χ4v) is 4.42. The van der Waals surface area contributed by atoms with E-state index in [0.29, 0.717) is 23.0 Å². The molecule has 1 aliphatic heterocycles. The topological polar surface area (TPSA) is 123 Å². The highest BCUT2D eigenvalue weighted by atomic mass is 127. The summed E-state index contributed by atoms with van der Waals surface area (Å²) in [6.45, 7) is -0.430. The zero-order valence-corrected chi connectivity index (χ0v) is 20.7. The summed E-state index contributed by atoms with van der Waals surface area (Å²) in [6, 6.07) is 14.1. The van der Waals surface area contributed by atoms with Gasteiger partial charge in [-0.3, -0.25) is 29.4 Å². The van der Waals surface area contributed by atoms with Gasteiger partial charge in [-0.1, -0.05) is 11.6 Å². The Bertz CT molecular complexity index is 1350. The number of rotatable bonds is 6. The minimum Gasteiger partial charge on any atom is -0.457 e. The molecule has 1 N–H and O–H groups in total. The minimum absolute atomic E-state index is 0.0816. The van der Waals surface area contributed by atoms with Crippen LogP contribution < -0.4 is 5.32 Å². The van der Waals surface area contributed by atoms with E-state index in [4.69, 9.17) is 16.0 Å². The summed E-state index contributed by atoms with van der Waals surface area (Å²) in [7, 11) is 0. The van der Waals surface area contributed by atoms with Gasteiger partial charge in [0.2, 0.25) is 5.91 Å². The highest BCUT2D eigenvalue weighted by Crippen LogP contribution is 2.35. The van der Waals surface area contributed by atoms with E-state index < -0.39 is 28.5 Å². The van der Waals surface area contributed by atoms with Crippen molar-refractivity contribution in [3.63, 3.8) is 0 Å². The quantitative estimate of drug-likeness (QED) is 0.162. The molecule has 0 spiro atoms. The van der Waals surface area contributed by atoms with Gasteiger partial charge in [0.05, 0.1) is 14.9 Å². The van der Waals surface area contributed by atoms with Gasteiger partial charge in [0.25, 0.3) is 16.8 Å². The molecule has 0 saturated carbocycles. The van der Waals surface area contributed by atoms with E-state index in [1.165, 1.54) is 24.3 Å². The molecule has 0 unspecified atom stereocenters. The van der Waals surface area contributed by atoms with Crippen molar-refractivity contribution in [3.05, 3.63) is 84.0 Å². The van der Waals surface area contributed by atoms with Gasteiger partial charge in [0.1, 0.15) is 18.1 Å². The number of benzene rings is 2. The number of amides is 3. The smallest absolute Gasteiger partial charge is 0.294 e. The molecule has 34 heavy (non-hydrogen) atoms. The van der Waals surface area contributed by atoms with Gasteiger partial charge in [0.15, 0.2) is 0 Å². The fourth-order valence-electron chi connectivity index (χ4n) is 3.03. The van der Waals surface area contributed by atoms with Crippen molar-refractivity contribution in [2.75, 3.05) is 11.9 Å². The highest BCUT2D eigenvalue weighted by molar-refractivity contribution is 14.1. The summed E-state index contributed by atoms with van der Waals surface area (Å²) in [5.41, 5.74) is 0.716. The van der Waals surface area contributed by atoms with Crippen molar-refractivity contribution in [2.45, 2.75) is 0 Å². The molecule has 12 heteroatoms. The number of carbonyl (C=O) groups is 3. The molecular formula is C22H13ClIN3O6S. The Hall–Kier alpha value is -3.16. The summed E-state index contributed by atoms with van der Waals surface area (Å²) >= 11 is 8.96. The SMILES string of the molecule is O=C(CN1C(=O)S/C(=C/c2ccc(-c3cc([N+](=O)[O-])ccc3Cl)o2)C1=O)Nc1ccc(I)cc1. The molecule has 3 amide bonds. The first-order valence-electron chi connectivity index (χ1n) is 9.56. The predicted molar refractivity (Wildman–Crippen MR) is 136 cm³/mol.